The average molecular weight is 751 g/mol. The fourth-order valence-corrected chi connectivity index (χ4v) is 4.81. The summed E-state index contributed by atoms with van der Waals surface area (Å²) in [6.07, 6.45) is 0.427. The van der Waals surface area contributed by atoms with Crippen LogP contribution in [0.5, 0.6) is 11.5 Å². The second-order valence-electron chi connectivity index (χ2n) is 13.7. The van der Waals surface area contributed by atoms with Crippen LogP contribution in [0.25, 0.3) is 11.5 Å². The number of nitrogens with zero attached hydrogens (tertiary/aromatic N) is 1. The number of hydrogen-bond donors (Lipinski definition) is 3. The Balaban J connectivity index is 1.74. The molecule has 17 heteroatoms. The number of rotatable bonds is 15. The maximum Gasteiger partial charge on any atom is 0.408 e. The van der Waals surface area contributed by atoms with E-state index in [0.29, 0.717) is 6.07 Å². The van der Waals surface area contributed by atoms with E-state index in [1.807, 2.05) is 0 Å². The maximum absolute atomic E-state index is 15.1. The number of nitrogens with one attached hydrogen (secondary N) is 3. The summed E-state index contributed by atoms with van der Waals surface area (Å²) in [4.78, 5) is 57.0. The summed E-state index contributed by atoms with van der Waals surface area (Å²) in [5.74, 6) is -5.66. The number of alkyl halides is 2. The Morgan fingerprint density at radius 3 is 2.25 bits per heavy atom. The summed E-state index contributed by atoms with van der Waals surface area (Å²) >= 11 is 0. The number of hydrogen-bond acceptors (Lipinski definition) is 10. The van der Waals surface area contributed by atoms with E-state index in [1.165, 1.54) is 32.0 Å². The van der Waals surface area contributed by atoms with Crippen molar-refractivity contribution >= 4 is 23.9 Å². The quantitative estimate of drug-likeness (QED) is 0.115. The zero-order valence-corrected chi connectivity index (χ0v) is 30.2. The van der Waals surface area contributed by atoms with Crippen LogP contribution in [-0.4, -0.2) is 59.8 Å². The first-order chi connectivity index (χ1) is 24.8. The van der Waals surface area contributed by atoms with Gasteiger partial charge in [0.25, 0.3) is 5.91 Å². The van der Waals surface area contributed by atoms with E-state index in [4.69, 9.17) is 18.6 Å². The molecule has 1 unspecified atom stereocenters. The van der Waals surface area contributed by atoms with E-state index in [0.717, 1.165) is 25.0 Å². The Morgan fingerprint density at radius 2 is 1.64 bits per heavy atom. The lowest BCUT2D eigenvalue weighted by molar-refractivity contribution is -0.151. The number of halogens is 4. The number of carbonyl (C=O) groups is 4. The third-order valence-corrected chi connectivity index (χ3v) is 7.45. The van der Waals surface area contributed by atoms with Crippen molar-refractivity contribution in [3.63, 3.8) is 0 Å². The lowest BCUT2D eigenvalue weighted by Gasteiger charge is -2.23. The van der Waals surface area contributed by atoms with Crippen LogP contribution in [0.4, 0.5) is 22.4 Å². The van der Waals surface area contributed by atoms with E-state index >= 15 is 4.39 Å². The number of benzene rings is 2. The third-order valence-electron chi connectivity index (χ3n) is 7.45. The van der Waals surface area contributed by atoms with Crippen molar-refractivity contribution in [2.75, 3.05) is 6.61 Å². The Hall–Kier alpha value is -5.35. The summed E-state index contributed by atoms with van der Waals surface area (Å²) in [6, 6.07) is 1.98. The first kappa shape index (κ1) is 40.4. The first-order valence-corrected chi connectivity index (χ1v) is 16.8. The molecule has 3 amide bonds. The highest BCUT2D eigenvalue weighted by Crippen LogP contribution is 2.37. The van der Waals surface area contributed by atoms with Gasteiger partial charge in [-0.1, -0.05) is 6.07 Å². The molecule has 2 aromatic carbocycles. The van der Waals surface area contributed by atoms with Crippen LogP contribution >= 0.6 is 0 Å². The van der Waals surface area contributed by atoms with Gasteiger partial charge in [0.1, 0.15) is 29.3 Å². The van der Waals surface area contributed by atoms with Gasteiger partial charge in [0.2, 0.25) is 11.8 Å². The van der Waals surface area contributed by atoms with Gasteiger partial charge in [0.05, 0.1) is 18.8 Å². The fourth-order valence-electron chi connectivity index (χ4n) is 4.81. The molecule has 0 saturated heterocycles. The Labute approximate surface area is 303 Å². The fraction of sp³-hybridized carbons (Fsp3) is 0.472. The molecule has 1 saturated carbocycles. The molecule has 13 nitrogen and oxygen atoms in total. The summed E-state index contributed by atoms with van der Waals surface area (Å²) in [5, 5.41) is 7.27. The van der Waals surface area contributed by atoms with E-state index in [2.05, 4.69) is 25.7 Å². The van der Waals surface area contributed by atoms with Crippen LogP contribution in [0, 0.1) is 17.6 Å². The van der Waals surface area contributed by atoms with Crippen LogP contribution in [0.3, 0.4) is 0 Å². The van der Waals surface area contributed by atoms with Crippen LogP contribution in [0.1, 0.15) is 95.2 Å². The average Bonchev–Trinajstić information content (AvgIpc) is 3.76. The number of esters is 1. The number of alkyl carbamates (subject to hydrolysis) is 1. The van der Waals surface area contributed by atoms with Gasteiger partial charge in [-0.3, -0.25) is 9.59 Å². The summed E-state index contributed by atoms with van der Waals surface area (Å²) < 4.78 is 82.1. The first-order valence-electron chi connectivity index (χ1n) is 16.8. The third kappa shape index (κ3) is 11.6. The summed E-state index contributed by atoms with van der Waals surface area (Å²) in [5.41, 5.74) is -1.68. The Bertz CT molecular complexity index is 1810. The zero-order valence-electron chi connectivity index (χ0n) is 30.2. The van der Waals surface area contributed by atoms with Crippen molar-refractivity contribution in [2.45, 2.75) is 97.7 Å². The molecular weight excluding hydrogens is 708 g/mol. The maximum atomic E-state index is 15.1. The van der Waals surface area contributed by atoms with Gasteiger partial charge >= 0.3 is 18.7 Å². The Morgan fingerprint density at radius 1 is 0.943 bits per heavy atom. The normalized spacial score (nSPS) is 14.6. The van der Waals surface area contributed by atoms with Crippen molar-refractivity contribution in [2.24, 2.45) is 5.92 Å². The highest BCUT2D eigenvalue weighted by molar-refractivity contribution is 5.98. The van der Waals surface area contributed by atoms with Crippen molar-refractivity contribution in [1.82, 2.24) is 20.9 Å². The van der Waals surface area contributed by atoms with Crippen LogP contribution in [-0.2, 0) is 19.1 Å². The van der Waals surface area contributed by atoms with Crippen molar-refractivity contribution < 1.29 is 60.1 Å². The largest absolute Gasteiger partial charge is 0.489 e. The summed E-state index contributed by atoms with van der Waals surface area (Å²) in [7, 11) is 0. The molecule has 4 rings (SSSR count). The predicted octanol–water partition coefficient (Wildman–Crippen LogP) is 6.52. The second-order valence-corrected chi connectivity index (χ2v) is 13.7. The molecule has 53 heavy (non-hydrogen) atoms. The number of aromatic nitrogens is 1. The highest BCUT2D eigenvalue weighted by Gasteiger charge is 2.34. The molecule has 0 radical (unpaired) electrons. The molecule has 3 atom stereocenters. The summed E-state index contributed by atoms with van der Waals surface area (Å²) in [6.45, 7) is 7.95. The number of carbonyl (C=O) groups excluding carboxylic acids is 4. The molecule has 1 aliphatic carbocycles. The molecule has 288 valence electrons. The van der Waals surface area contributed by atoms with Crippen LogP contribution in [0.2, 0.25) is 0 Å². The topological polar surface area (TPSA) is 167 Å². The van der Waals surface area contributed by atoms with Gasteiger partial charge in [0, 0.05) is 17.2 Å². The van der Waals surface area contributed by atoms with Gasteiger partial charge in [0.15, 0.2) is 23.0 Å². The van der Waals surface area contributed by atoms with Crippen molar-refractivity contribution in [3.05, 3.63) is 65.1 Å². The number of oxazole rings is 1. The monoisotopic (exact) mass is 750 g/mol. The Kier molecular flexibility index (Phi) is 13.0. The molecule has 0 bridgehead atoms. The van der Waals surface area contributed by atoms with E-state index in [-0.39, 0.29) is 41.2 Å². The predicted molar refractivity (Wildman–Crippen MR) is 180 cm³/mol. The molecule has 3 aromatic rings. The number of amides is 3. The second kappa shape index (κ2) is 17.0. The van der Waals surface area contributed by atoms with Crippen LogP contribution in [0.15, 0.2) is 40.8 Å². The molecule has 1 heterocycles. The van der Waals surface area contributed by atoms with Crippen molar-refractivity contribution in [3.8, 4) is 23.0 Å². The van der Waals surface area contributed by atoms with Gasteiger partial charge in [-0.05, 0) is 91.5 Å². The standard InChI is InChI=1S/C36H42F4N4O9/c1-17(2)50-33(47)19(4)41-30(45)27(23-12-11-22(37)15-24(23)38)43-31(46)28-29(18(3)42-35(48)53-36(5,6)7)52-32(44-28)21-10-13-25(51-34(39)40)26(14-21)49-16-20-8-9-20/h10-15,17-20,27,34H,8-9,16H2,1-7H3,(H,41,45)(H,42,48)(H,43,46)/t18-,19-,27?/m0/s1. The van der Waals surface area contributed by atoms with E-state index < -0.39 is 83.2 Å². The molecule has 0 aliphatic heterocycles. The minimum Gasteiger partial charge on any atom is -0.489 e. The zero-order chi connectivity index (χ0) is 39.2. The minimum absolute atomic E-state index is 0.0472. The molecule has 1 fully saturated rings. The molecule has 3 N–H and O–H groups in total. The minimum atomic E-state index is -3.15. The SMILES string of the molecule is CC(C)OC(=O)[C@H](C)NC(=O)C(NC(=O)c1nc(-c2ccc(OC(F)F)c(OCC3CC3)c2)oc1[C@H](C)NC(=O)OC(C)(C)C)c1ccc(F)cc1F. The highest BCUT2D eigenvalue weighted by atomic mass is 19.3. The molecule has 1 aliphatic rings. The van der Waals surface area contributed by atoms with Gasteiger partial charge < -0.3 is 39.3 Å². The molecular formula is C36H42F4N4O9. The van der Waals surface area contributed by atoms with Crippen molar-refractivity contribution in [1.29, 1.82) is 0 Å². The van der Waals surface area contributed by atoms with E-state index in [9.17, 15) is 32.3 Å². The van der Waals surface area contributed by atoms with Crippen LogP contribution < -0.4 is 25.4 Å². The van der Waals surface area contributed by atoms with Gasteiger partial charge in [-0.15, -0.1) is 0 Å². The molecule has 1 aromatic heterocycles. The lowest BCUT2D eigenvalue weighted by Crippen LogP contribution is -2.47. The van der Waals surface area contributed by atoms with E-state index in [1.54, 1.807) is 34.6 Å². The molecule has 0 spiro atoms. The van der Waals surface area contributed by atoms with Gasteiger partial charge in [-0.25, -0.2) is 23.4 Å². The smallest absolute Gasteiger partial charge is 0.408 e. The number of ether oxygens (including phenoxy) is 4. The van der Waals surface area contributed by atoms with Gasteiger partial charge in [-0.2, -0.15) is 8.78 Å². The lowest BCUT2D eigenvalue weighted by atomic mass is 10.0.